The van der Waals surface area contributed by atoms with Gasteiger partial charge in [-0.05, 0) is 17.7 Å². The van der Waals surface area contributed by atoms with E-state index in [1.165, 1.54) is 12.1 Å². The van der Waals surface area contributed by atoms with Gasteiger partial charge in [-0.15, -0.1) is 0 Å². The Labute approximate surface area is 91.3 Å². The first kappa shape index (κ1) is 10.6. The van der Waals surface area contributed by atoms with Crippen LogP contribution in [0, 0.1) is 11.7 Å². The first-order chi connectivity index (χ1) is 7.59. The molecular formula is C11H10FNO3. The van der Waals surface area contributed by atoms with Crippen molar-refractivity contribution in [3.05, 3.63) is 35.6 Å². The number of hydrogen-bond acceptors (Lipinski definition) is 3. The first-order valence-corrected chi connectivity index (χ1v) is 4.82. The van der Waals surface area contributed by atoms with Gasteiger partial charge in [-0.2, -0.15) is 0 Å². The normalized spacial score (nSPS) is 23.8. The highest BCUT2D eigenvalue weighted by molar-refractivity contribution is 6.04. The molecule has 0 amide bonds. The Morgan fingerprint density at radius 2 is 2.06 bits per heavy atom. The summed E-state index contributed by atoms with van der Waals surface area (Å²) >= 11 is 0. The lowest BCUT2D eigenvalue weighted by atomic mass is 9.94. The molecule has 1 N–H and O–H groups in total. The number of rotatable bonds is 2. The van der Waals surface area contributed by atoms with Gasteiger partial charge < -0.3 is 9.94 Å². The summed E-state index contributed by atoms with van der Waals surface area (Å²) in [4.78, 5) is 15.6. The standard InChI is InChI=1S/C11H10FNO3/c1-6-9(13-16-10(6)11(14)15)7-2-4-8(12)5-3-7/h2-6,10H,1H3,(H,14,15). The van der Waals surface area contributed by atoms with Crippen molar-refractivity contribution in [3.63, 3.8) is 0 Å². The Bertz CT molecular complexity index is 441. The molecule has 0 saturated heterocycles. The zero-order valence-corrected chi connectivity index (χ0v) is 8.55. The Hall–Kier alpha value is -1.91. The average Bonchev–Trinajstić information content (AvgIpc) is 2.61. The molecule has 1 aromatic carbocycles. The van der Waals surface area contributed by atoms with E-state index < -0.39 is 12.1 Å². The molecule has 2 rings (SSSR count). The second-order valence-electron chi connectivity index (χ2n) is 3.64. The zero-order chi connectivity index (χ0) is 11.7. The molecule has 5 heteroatoms. The topological polar surface area (TPSA) is 58.9 Å². The summed E-state index contributed by atoms with van der Waals surface area (Å²) in [5.74, 6) is -1.73. The minimum atomic E-state index is -1.05. The highest BCUT2D eigenvalue weighted by Crippen LogP contribution is 2.23. The van der Waals surface area contributed by atoms with E-state index in [9.17, 15) is 9.18 Å². The third-order valence-corrected chi connectivity index (χ3v) is 2.53. The van der Waals surface area contributed by atoms with Crippen molar-refractivity contribution in [2.45, 2.75) is 13.0 Å². The molecule has 2 atom stereocenters. The van der Waals surface area contributed by atoms with Crippen molar-refractivity contribution in [3.8, 4) is 0 Å². The number of aliphatic carboxylic acids is 1. The quantitative estimate of drug-likeness (QED) is 0.829. The van der Waals surface area contributed by atoms with Crippen LogP contribution >= 0.6 is 0 Å². The molecule has 0 radical (unpaired) electrons. The minimum absolute atomic E-state index is 0.342. The summed E-state index contributed by atoms with van der Waals surface area (Å²) in [5, 5.41) is 12.6. The van der Waals surface area contributed by atoms with Gasteiger partial charge in [0.15, 0.2) is 0 Å². The third-order valence-electron chi connectivity index (χ3n) is 2.53. The number of oxime groups is 1. The van der Waals surface area contributed by atoms with Gasteiger partial charge in [0, 0.05) is 0 Å². The molecule has 16 heavy (non-hydrogen) atoms. The molecular weight excluding hydrogens is 213 g/mol. The van der Waals surface area contributed by atoms with Crippen LogP contribution < -0.4 is 0 Å². The van der Waals surface area contributed by atoms with Crippen LogP contribution in [0.25, 0.3) is 0 Å². The van der Waals surface area contributed by atoms with Gasteiger partial charge in [0.1, 0.15) is 5.82 Å². The van der Waals surface area contributed by atoms with Crippen LogP contribution in [-0.2, 0) is 9.63 Å². The summed E-state index contributed by atoms with van der Waals surface area (Å²) in [6.07, 6.45) is -0.958. The smallest absolute Gasteiger partial charge is 0.348 e. The summed E-state index contributed by atoms with van der Waals surface area (Å²) < 4.78 is 12.7. The Balaban J connectivity index is 2.24. The summed E-state index contributed by atoms with van der Waals surface area (Å²) in [7, 11) is 0. The Morgan fingerprint density at radius 3 is 2.56 bits per heavy atom. The highest BCUT2D eigenvalue weighted by Gasteiger charge is 2.36. The van der Waals surface area contributed by atoms with Crippen molar-refractivity contribution in [1.29, 1.82) is 0 Å². The van der Waals surface area contributed by atoms with Gasteiger partial charge in [0.05, 0.1) is 11.6 Å². The largest absolute Gasteiger partial charge is 0.478 e. The van der Waals surface area contributed by atoms with Gasteiger partial charge in [-0.25, -0.2) is 9.18 Å². The number of carboxylic acid groups (broad SMARTS) is 1. The fourth-order valence-electron chi connectivity index (χ4n) is 1.63. The second-order valence-corrected chi connectivity index (χ2v) is 3.64. The van der Waals surface area contributed by atoms with Crippen LogP contribution in [0.4, 0.5) is 4.39 Å². The lowest BCUT2D eigenvalue weighted by Crippen LogP contribution is -2.29. The summed E-state index contributed by atoms with van der Waals surface area (Å²) in [6.45, 7) is 1.72. The second kappa shape index (κ2) is 3.92. The average molecular weight is 223 g/mol. The Morgan fingerprint density at radius 1 is 1.44 bits per heavy atom. The van der Waals surface area contributed by atoms with Crippen molar-refractivity contribution in [2.75, 3.05) is 0 Å². The minimum Gasteiger partial charge on any atom is -0.478 e. The van der Waals surface area contributed by atoms with Crippen molar-refractivity contribution < 1.29 is 19.1 Å². The number of benzene rings is 1. The highest BCUT2D eigenvalue weighted by atomic mass is 19.1. The molecule has 1 aromatic rings. The third kappa shape index (κ3) is 1.76. The SMILES string of the molecule is CC1C(c2ccc(F)cc2)=NOC1C(=O)O. The van der Waals surface area contributed by atoms with Crippen LogP contribution in [0.1, 0.15) is 12.5 Å². The molecule has 0 fully saturated rings. The molecule has 0 saturated carbocycles. The van der Waals surface area contributed by atoms with E-state index in [1.54, 1.807) is 19.1 Å². The van der Waals surface area contributed by atoms with Gasteiger partial charge in [-0.1, -0.05) is 24.2 Å². The van der Waals surface area contributed by atoms with E-state index in [0.29, 0.717) is 11.3 Å². The molecule has 0 aromatic heterocycles. The molecule has 1 aliphatic rings. The van der Waals surface area contributed by atoms with E-state index in [1.807, 2.05) is 0 Å². The van der Waals surface area contributed by atoms with Gasteiger partial charge in [-0.3, -0.25) is 0 Å². The fraction of sp³-hybridized carbons (Fsp3) is 0.273. The fourth-order valence-corrected chi connectivity index (χ4v) is 1.63. The van der Waals surface area contributed by atoms with Crippen molar-refractivity contribution in [1.82, 2.24) is 0 Å². The van der Waals surface area contributed by atoms with Gasteiger partial charge >= 0.3 is 5.97 Å². The maximum Gasteiger partial charge on any atom is 0.348 e. The maximum absolute atomic E-state index is 12.7. The lowest BCUT2D eigenvalue weighted by Gasteiger charge is -2.09. The van der Waals surface area contributed by atoms with Gasteiger partial charge in [0.2, 0.25) is 6.10 Å². The van der Waals surface area contributed by atoms with E-state index in [4.69, 9.17) is 9.94 Å². The molecule has 1 aliphatic heterocycles. The van der Waals surface area contributed by atoms with Crippen LogP contribution in [0.15, 0.2) is 29.4 Å². The van der Waals surface area contributed by atoms with E-state index in [-0.39, 0.29) is 11.7 Å². The van der Waals surface area contributed by atoms with Crippen LogP contribution in [0.2, 0.25) is 0 Å². The molecule has 0 spiro atoms. The first-order valence-electron chi connectivity index (χ1n) is 4.82. The van der Waals surface area contributed by atoms with Crippen LogP contribution in [0.3, 0.4) is 0 Å². The number of carboxylic acids is 1. The molecule has 84 valence electrons. The summed E-state index contributed by atoms with van der Waals surface area (Å²) in [6, 6.07) is 5.72. The number of nitrogens with zero attached hydrogens (tertiary/aromatic N) is 1. The predicted octanol–water partition coefficient (Wildman–Crippen LogP) is 1.65. The van der Waals surface area contributed by atoms with Gasteiger partial charge in [0.25, 0.3) is 0 Å². The predicted molar refractivity (Wildman–Crippen MR) is 54.6 cm³/mol. The summed E-state index contributed by atoms with van der Waals surface area (Å²) in [5.41, 5.74) is 1.21. The van der Waals surface area contributed by atoms with E-state index >= 15 is 0 Å². The molecule has 4 nitrogen and oxygen atoms in total. The molecule has 2 unspecified atom stereocenters. The van der Waals surface area contributed by atoms with E-state index in [2.05, 4.69) is 5.16 Å². The molecule has 1 heterocycles. The van der Waals surface area contributed by atoms with Crippen LogP contribution in [-0.4, -0.2) is 22.9 Å². The maximum atomic E-state index is 12.7. The number of halogens is 1. The number of hydrogen-bond donors (Lipinski definition) is 1. The molecule has 0 aliphatic carbocycles. The van der Waals surface area contributed by atoms with Crippen LogP contribution in [0.5, 0.6) is 0 Å². The zero-order valence-electron chi connectivity index (χ0n) is 8.55. The van der Waals surface area contributed by atoms with E-state index in [0.717, 1.165) is 0 Å². The van der Waals surface area contributed by atoms with Crippen molar-refractivity contribution in [2.24, 2.45) is 11.1 Å². The number of carbonyl (C=O) groups is 1. The molecule has 0 bridgehead atoms. The van der Waals surface area contributed by atoms with Crippen molar-refractivity contribution >= 4 is 11.7 Å². The Kier molecular flexibility index (Phi) is 2.60. The lowest BCUT2D eigenvalue weighted by molar-refractivity contribution is -0.150. The monoisotopic (exact) mass is 223 g/mol.